The van der Waals surface area contributed by atoms with Gasteiger partial charge in [-0.05, 0) is 37.7 Å². The van der Waals surface area contributed by atoms with E-state index in [1.807, 2.05) is 0 Å². The second-order valence-electron chi connectivity index (χ2n) is 4.56. The highest BCUT2D eigenvalue weighted by Crippen LogP contribution is 2.25. The Morgan fingerprint density at radius 2 is 2.22 bits per heavy atom. The number of hydrogen-bond acceptors (Lipinski definition) is 5. The fourth-order valence-electron chi connectivity index (χ4n) is 2.24. The van der Waals surface area contributed by atoms with E-state index in [4.69, 9.17) is 5.11 Å². The molecule has 2 N–H and O–H groups in total. The summed E-state index contributed by atoms with van der Waals surface area (Å²) < 4.78 is 3.72. The van der Waals surface area contributed by atoms with Gasteiger partial charge < -0.3 is 10.4 Å². The first-order valence-corrected chi connectivity index (χ1v) is 6.68. The molecule has 1 aromatic heterocycles. The molecule has 6 nitrogen and oxygen atoms in total. The van der Waals surface area contributed by atoms with Crippen molar-refractivity contribution in [2.75, 3.05) is 0 Å². The number of amides is 1. The standard InChI is InChI=1S/C11H15N3O3S/c1-6-9(18-14-13-6)10(15)12-8-4-2-3-7(5-8)11(16)17/h7-8H,2-5H2,1H3,(H,12,15)(H,16,17). The van der Waals surface area contributed by atoms with E-state index in [-0.39, 0.29) is 17.9 Å². The Morgan fingerprint density at radius 1 is 1.44 bits per heavy atom. The fraction of sp³-hybridized carbons (Fsp3) is 0.636. The molecule has 18 heavy (non-hydrogen) atoms. The molecule has 1 heterocycles. The lowest BCUT2D eigenvalue weighted by Crippen LogP contribution is -2.39. The molecule has 1 amide bonds. The first-order chi connectivity index (χ1) is 8.58. The molecule has 0 bridgehead atoms. The quantitative estimate of drug-likeness (QED) is 0.860. The van der Waals surface area contributed by atoms with Crippen LogP contribution in [0.15, 0.2) is 0 Å². The summed E-state index contributed by atoms with van der Waals surface area (Å²) in [6, 6.07) is -0.0613. The summed E-state index contributed by atoms with van der Waals surface area (Å²) in [7, 11) is 0. The van der Waals surface area contributed by atoms with Crippen molar-refractivity contribution in [1.29, 1.82) is 0 Å². The number of aliphatic carboxylic acids is 1. The molecule has 0 aliphatic heterocycles. The van der Waals surface area contributed by atoms with E-state index in [2.05, 4.69) is 14.9 Å². The summed E-state index contributed by atoms with van der Waals surface area (Å²) in [5, 5.41) is 15.7. The van der Waals surface area contributed by atoms with Crippen molar-refractivity contribution in [2.24, 2.45) is 5.92 Å². The van der Waals surface area contributed by atoms with Crippen LogP contribution in [0.5, 0.6) is 0 Å². The molecule has 1 saturated carbocycles. The molecular weight excluding hydrogens is 254 g/mol. The summed E-state index contributed by atoms with van der Waals surface area (Å²) >= 11 is 1.06. The lowest BCUT2D eigenvalue weighted by Gasteiger charge is -2.27. The predicted octanol–water partition coefficient (Wildman–Crippen LogP) is 1.22. The maximum Gasteiger partial charge on any atom is 0.306 e. The molecule has 2 unspecified atom stereocenters. The Balaban J connectivity index is 1.95. The van der Waals surface area contributed by atoms with E-state index in [0.717, 1.165) is 24.4 Å². The smallest absolute Gasteiger partial charge is 0.306 e. The number of rotatable bonds is 3. The van der Waals surface area contributed by atoms with Gasteiger partial charge in [-0.1, -0.05) is 10.9 Å². The van der Waals surface area contributed by atoms with Crippen LogP contribution in [0, 0.1) is 12.8 Å². The zero-order valence-electron chi connectivity index (χ0n) is 10.0. The van der Waals surface area contributed by atoms with Crippen molar-refractivity contribution in [3.8, 4) is 0 Å². The molecule has 7 heteroatoms. The molecule has 2 atom stereocenters. The molecule has 2 rings (SSSR count). The molecule has 0 aromatic carbocycles. The highest BCUT2D eigenvalue weighted by Gasteiger charge is 2.28. The number of nitrogens with one attached hydrogen (secondary N) is 1. The molecule has 0 saturated heterocycles. The molecule has 1 aromatic rings. The third-order valence-corrected chi connectivity index (χ3v) is 4.04. The Bertz CT molecular complexity index is 460. The van der Waals surface area contributed by atoms with Crippen LogP contribution >= 0.6 is 11.5 Å². The average Bonchev–Trinajstić information content (AvgIpc) is 2.76. The second kappa shape index (κ2) is 5.43. The zero-order chi connectivity index (χ0) is 13.1. The Labute approximate surface area is 109 Å². The van der Waals surface area contributed by atoms with Crippen molar-refractivity contribution in [3.05, 3.63) is 10.6 Å². The Morgan fingerprint density at radius 3 is 2.83 bits per heavy atom. The Hall–Kier alpha value is -1.50. The van der Waals surface area contributed by atoms with E-state index in [0.29, 0.717) is 23.4 Å². The van der Waals surface area contributed by atoms with E-state index in [1.54, 1.807) is 6.92 Å². The minimum absolute atomic E-state index is 0.0613. The van der Waals surface area contributed by atoms with Gasteiger partial charge in [-0.15, -0.1) is 5.10 Å². The molecule has 1 aliphatic rings. The zero-order valence-corrected chi connectivity index (χ0v) is 10.9. The number of carbonyl (C=O) groups excluding carboxylic acids is 1. The van der Waals surface area contributed by atoms with Crippen molar-refractivity contribution >= 4 is 23.4 Å². The summed E-state index contributed by atoms with van der Waals surface area (Å²) in [5.74, 6) is -1.31. The fourth-order valence-corrected chi connectivity index (χ4v) is 2.80. The van der Waals surface area contributed by atoms with E-state index < -0.39 is 5.97 Å². The van der Waals surface area contributed by atoms with Gasteiger partial charge >= 0.3 is 5.97 Å². The lowest BCUT2D eigenvalue weighted by atomic mass is 9.86. The predicted molar refractivity (Wildman–Crippen MR) is 65.5 cm³/mol. The Kier molecular flexibility index (Phi) is 3.90. The first kappa shape index (κ1) is 12.9. The number of nitrogens with zero attached hydrogens (tertiary/aromatic N) is 2. The van der Waals surface area contributed by atoms with Gasteiger partial charge in [0.1, 0.15) is 4.88 Å². The van der Waals surface area contributed by atoms with Gasteiger partial charge in [0.15, 0.2) is 0 Å². The van der Waals surface area contributed by atoms with Gasteiger partial charge in [0.05, 0.1) is 11.6 Å². The van der Waals surface area contributed by atoms with Crippen LogP contribution in [0.25, 0.3) is 0 Å². The minimum atomic E-state index is -0.774. The van der Waals surface area contributed by atoms with Crippen LogP contribution < -0.4 is 5.32 Å². The monoisotopic (exact) mass is 269 g/mol. The lowest BCUT2D eigenvalue weighted by molar-refractivity contribution is -0.143. The largest absolute Gasteiger partial charge is 0.481 e. The maximum atomic E-state index is 11.9. The number of hydrogen-bond donors (Lipinski definition) is 2. The summed E-state index contributed by atoms with van der Waals surface area (Å²) in [6.45, 7) is 1.74. The minimum Gasteiger partial charge on any atom is -0.481 e. The average molecular weight is 269 g/mol. The molecule has 1 fully saturated rings. The maximum absolute atomic E-state index is 11.9. The van der Waals surface area contributed by atoms with Crippen molar-refractivity contribution in [2.45, 2.75) is 38.6 Å². The van der Waals surface area contributed by atoms with E-state index >= 15 is 0 Å². The number of aryl methyl sites for hydroxylation is 1. The summed E-state index contributed by atoms with van der Waals surface area (Å²) in [6.07, 6.45) is 2.87. The molecule has 0 radical (unpaired) electrons. The van der Waals surface area contributed by atoms with Crippen molar-refractivity contribution in [3.63, 3.8) is 0 Å². The molecule has 1 aliphatic carbocycles. The summed E-state index contributed by atoms with van der Waals surface area (Å²) in [5.41, 5.74) is 0.614. The number of carboxylic acids is 1. The van der Waals surface area contributed by atoms with Crippen LogP contribution in [0.3, 0.4) is 0 Å². The van der Waals surface area contributed by atoms with Crippen molar-refractivity contribution in [1.82, 2.24) is 14.9 Å². The first-order valence-electron chi connectivity index (χ1n) is 5.90. The van der Waals surface area contributed by atoms with Crippen LogP contribution in [-0.4, -0.2) is 32.6 Å². The second-order valence-corrected chi connectivity index (χ2v) is 5.31. The van der Waals surface area contributed by atoms with Gasteiger partial charge in [0, 0.05) is 6.04 Å². The highest BCUT2D eigenvalue weighted by atomic mass is 32.1. The van der Waals surface area contributed by atoms with Gasteiger partial charge in [-0.25, -0.2) is 0 Å². The van der Waals surface area contributed by atoms with Gasteiger partial charge in [0.25, 0.3) is 5.91 Å². The van der Waals surface area contributed by atoms with Gasteiger partial charge in [0.2, 0.25) is 0 Å². The molecule has 98 valence electrons. The van der Waals surface area contributed by atoms with E-state index in [1.165, 1.54) is 0 Å². The third-order valence-electron chi connectivity index (χ3n) is 3.22. The number of carbonyl (C=O) groups is 2. The number of carboxylic acid groups (broad SMARTS) is 1. The molecular formula is C11H15N3O3S. The van der Waals surface area contributed by atoms with Gasteiger partial charge in [-0.2, -0.15) is 0 Å². The van der Waals surface area contributed by atoms with Crippen LogP contribution in [0.1, 0.15) is 41.0 Å². The number of aromatic nitrogens is 2. The van der Waals surface area contributed by atoms with E-state index in [9.17, 15) is 9.59 Å². The SMILES string of the molecule is Cc1nnsc1C(=O)NC1CCCC(C(=O)O)C1. The molecule has 0 spiro atoms. The van der Waals surface area contributed by atoms with Crippen LogP contribution in [0.4, 0.5) is 0 Å². The van der Waals surface area contributed by atoms with Crippen LogP contribution in [-0.2, 0) is 4.79 Å². The van der Waals surface area contributed by atoms with Crippen molar-refractivity contribution < 1.29 is 14.7 Å². The van der Waals surface area contributed by atoms with Gasteiger partial charge in [-0.3, -0.25) is 9.59 Å². The topological polar surface area (TPSA) is 92.2 Å². The third kappa shape index (κ3) is 2.84. The van der Waals surface area contributed by atoms with Crippen LogP contribution in [0.2, 0.25) is 0 Å². The summed E-state index contributed by atoms with van der Waals surface area (Å²) in [4.78, 5) is 23.4. The normalized spacial score (nSPS) is 23.6. The highest BCUT2D eigenvalue weighted by molar-refractivity contribution is 7.08.